The Bertz CT molecular complexity index is 990. The molecule has 0 saturated carbocycles. The first-order valence-corrected chi connectivity index (χ1v) is 8.76. The van der Waals surface area contributed by atoms with Gasteiger partial charge in [0.15, 0.2) is 0 Å². The van der Waals surface area contributed by atoms with Crippen molar-refractivity contribution in [2.75, 3.05) is 0 Å². The summed E-state index contributed by atoms with van der Waals surface area (Å²) in [6.45, 7) is 10.2. The SMILES string of the molecule is CC(C)(C)c1c[c-]n(-c2cccc(C(C)(C)c3cccc(C(=O)O)n3)n2)n1.[Pt]. The van der Waals surface area contributed by atoms with E-state index in [1.54, 1.807) is 10.7 Å². The molecule has 0 radical (unpaired) electrons. The van der Waals surface area contributed by atoms with E-state index in [0.29, 0.717) is 11.5 Å². The minimum absolute atomic E-state index is 0. The Morgan fingerprint density at radius 1 is 0.964 bits per heavy atom. The summed E-state index contributed by atoms with van der Waals surface area (Å²) in [7, 11) is 0. The fourth-order valence-electron chi connectivity index (χ4n) is 2.69. The van der Waals surface area contributed by atoms with Crippen molar-refractivity contribution < 1.29 is 31.0 Å². The maximum Gasteiger partial charge on any atom is 0.354 e. The molecule has 0 bridgehead atoms. The number of carboxylic acid groups (broad SMARTS) is 1. The van der Waals surface area contributed by atoms with Crippen LogP contribution in [0.3, 0.4) is 0 Å². The molecule has 6 nitrogen and oxygen atoms in total. The second-order valence-electron chi connectivity index (χ2n) is 8.04. The van der Waals surface area contributed by atoms with Gasteiger partial charge in [0.05, 0.1) is 11.5 Å². The van der Waals surface area contributed by atoms with Crippen molar-refractivity contribution in [1.29, 1.82) is 0 Å². The van der Waals surface area contributed by atoms with Crippen LogP contribution >= 0.6 is 0 Å². The Labute approximate surface area is 179 Å². The van der Waals surface area contributed by atoms with E-state index in [1.807, 2.05) is 44.2 Å². The van der Waals surface area contributed by atoms with E-state index in [2.05, 4.69) is 37.1 Å². The second-order valence-corrected chi connectivity index (χ2v) is 8.04. The Morgan fingerprint density at radius 3 is 2.14 bits per heavy atom. The van der Waals surface area contributed by atoms with E-state index >= 15 is 0 Å². The molecule has 3 heterocycles. The number of carbonyl (C=O) groups is 1. The smallest absolute Gasteiger partial charge is 0.354 e. The number of nitrogens with zero attached hydrogens (tertiary/aromatic N) is 4. The van der Waals surface area contributed by atoms with Crippen LogP contribution < -0.4 is 0 Å². The largest absolute Gasteiger partial charge is 0.477 e. The van der Waals surface area contributed by atoms with Gasteiger partial charge >= 0.3 is 5.97 Å². The predicted molar refractivity (Wildman–Crippen MR) is 102 cm³/mol. The number of pyridine rings is 2. The number of hydrogen-bond donors (Lipinski definition) is 1. The molecule has 3 aromatic heterocycles. The van der Waals surface area contributed by atoms with Crippen LogP contribution in [0, 0.1) is 6.20 Å². The summed E-state index contributed by atoms with van der Waals surface area (Å²) in [6.07, 6.45) is 3.12. The van der Waals surface area contributed by atoms with Crippen LogP contribution in [0.1, 0.15) is 62.2 Å². The molecule has 0 aromatic carbocycles. The van der Waals surface area contributed by atoms with Crippen LogP contribution in [0.25, 0.3) is 5.82 Å². The van der Waals surface area contributed by atoms with Gasteiger partial charge in [-0.1, -0.05) is 45.2 Å². The van der Waals surface area contributed by atoms with Crippen molar-refractivity contribution in [2.24, 2.45) is 0 Å². The molecule has 0 aliphatic rings. The van der Waals surface area contributed by atoms with E-state index in [4.69, 9.17) is 4.98 Å². The number of rotatable bonds is 4. The first kappa shape index (κ1) is 22.0. The van der Waals surface area contributed by atoms with Crippen molar-refractivity contribution in [1.82, 2.24) is 19.7 Å². The van der Waals surface area contributed by atoms with Crippen molar-refractivity contribution >= 4 is 5.97 Å². The van der Waals surface area contributed by atoms with Crippen molar-refractivity contribution in [2.45, 2.75) is 45.4 Å². The fraction of sp³-hybridized carbons (Fsp3) is 0.333. The van der Waals surface area contributed by atoms with E-state index < -0.39 is 11.4 Å². The van der Waals surface area contributed by atoms with Crippen LogP contribution in [0.2, 0.25) is 0 Å². The molecule has 0 spiro atoms. The number of aromatic carboxylic acids is 1. The van der Waals surface area contributed by atoms with Gasteiger partial charge in [-0.25, -0.2) is 9.78 Å². The fourth-order valence-corrected chi connectivity index (χ4v) is 2.69. The molecule has 0 aliphatic carbocycles. The van der Waals surface area contributed by atoms with E-state index in [0.717, 1.165) is 11.4 Å². The molecule has 28 heavy (non-hydrogen) atoms. The first-order chi connectivity index (χ1) is 12.6. The molecule has 0 unspecified atom stereocenters. The van der Waals surface area contributed by atoms with Gasteiger partial charge in [0, 0.05) is 32.2 Å². The predicted octanol–water partition coefficient (Wildman–Crippen LogP) is 3.78. The molecule has 1 N–H and O–H groups in total. The van der Waals surface area contributed by atoms with Crippen molar-refractivity contribution in [3.8, 4) is 5.82 Å². The summed E-state index contributed by atoms with van der Waals surface area (Å²) in [4.78, 5) is 20.3. The maximum absolute atomic E-state index is 11.2. The van der Waals surface area contributed by atoms with Gasteiger partial charge in [-0.2, -0.15) is 0 Å². The molecular weight excluding hydrogens is 535 g/mol. The summed E-state index contributed by atoms with van der Waals surface area (Å²) >= 11 is 0. The van der Waals surface area contributed by atoms with Crippen LogP contribution in [0.4, 0.5) is 0 Å². The van der Waals surface area contributed by atoms with Gasteiger partial charge in [0.1, 0.15) is 5.69 Å². The Balaban J connectivity index is 0.00000280. The molecule has 150 valence electrons. The molecule has 0 saturated heterocycles. The van der Waals surface area contributed by atoms with Crippen molar-refractivity contribution in [3.63, 3.8) is 0 Å². The third-order valence-corrected chi connectivity index (χ3v) is 4.50. The average Bonchev–Trinajstić information content (AvgIpc) is 3.12. The normalized spacial score (nSPS) is 11.8. The van der Waals surface area contributed by atoms with Crippen molar-refractivity contribution in [3.05, 3.63) is 71.4 Å². The summed E-state index contributed by atoms with van der Waals surface area (Å²) in [5.74, 6) is -0.388. The topological polar surface area (TPSA) is 80.9 Å². The minimum atomic E-state index is -1.05. The molecule has 0 amide bonds. The van der Waals surface area contributed by atoms with Crippen LogP contribution in [0.15, 0.2) is 42.5 Å². The average molecular weight is 559 g/mol. The second kappa shape index (κ2) is 7.96. The Hall–Kier alpha value is -2.33. The van der Waals surface area contributed by atoms with Gasteiger partial charge in [-0.15, -0.1) is 6.07 Å². The number of hydrogen-bond acceptors (Lipinski definition) is 4. The summed E-state index contributed by atoms with van der Waals surface area (Å²) in [5, 5.41) is 13.8. The van der Waals surface area contributed by atoms with Gasteiger partial charge in [-0.3, -0.25) is 10.1 Å². The molecule has 0 atom stereocenters. The molecular formula is C21H23N4O2Pt-. The quantitative estimate of drug-likeness (QED) is 0.493. The first-order valence-electron chi connectivity index (χ1n) is 8.76. The van der Waals surface area contributed by atoms with Gasteiger partial charge < -0.3 is 9.79 Å². The zero-order valence-corrected chi connectivity index (χ0v) is 18.8. The zero-order valence-electron chi connectivity index (χ0n) is 16.5. The summed E-state index contributed by atoms with van der Waals surface area (Å²) < 4.78 is 1.64. The van der Waals surface area contributed by atoms with E-state index in [9.17, 15) is 9.90 Å². The third-order valence-electron chi connectivity index (χ3n) is 4.50. The van der Waals surface area contributed by atoms with E-state index in [1.165, 1.54) is 6.07 Å². The molecule has 3 rings (SSSR count). The summed E-state index contributed by atoms with van der Waals surface area (Å²) in [6, 6.07) is 12.6. The third kappa shape index (κ3) is 4.38. The van der Waals surface area contributed by atoms with Crippen LogP contribution in [0.5, 0.6) is 0 Å². The monoisotopic (exact) mass is 558 g/mol. The van der Waals surface area contributed by atoms with Crippen LogP contribution in [-0.4, -0.2) is 30.8 Å². The van der Waals surface area contributed by atoms with E-state index in [-0.39, 0.29) is 32.2 Å². The maximum atomic E-state index is 11.2. The number of aromatic nitrogens is 4. The standard InChI is InChI=1S/C21H23N4O2.Pt/c1-20(2,3)15-12-13-25(24-15)18-11-7-10-17(23-18)21(4,5)16-9-6-8-14(22-16)19(26)27;/h6-12H,1-5H3,(H,26,27);/q-1;. The molecule has 0 fully saturated rings. The van der Waals surface area contributed by atoms with Gasteiger partial charge in [0.25, 0.3) is 0 Å². The Morgan fingerprint density at radius 2 is 1.57 bits per heavy atom. The molecule has 0 aliphatic heterocycles. The van der Waals surface area contributed by atoms with Gasteiger partial charge in [0.2, 0.25) is 0 Å². The Kier molecular flexibility index (Phi) is 6.24. The van der Waals surface area contributed by atoms with Gasteiger partial charge in [-0.05, 0) is 43.2 Å². The molecule has 3 aromatic rings. The van der Waals surface area contributed by atoms with Crippen LogP contribution in [-0.2, 0) is 31.9 Å². The molecule has 7 heteroatoms. The number of carboxylic acids is 1. The minimum Gasteiger partial charge on any atom is -0.477 e. The zero-order chi connectivity index (χ0) is 19.8. The summed E-state index contributed by atoms with van der Waals surface area (Å²) in [5.41, 5.74) is 1.74.